The number of benzene rings is 2. The Balaban J connectivity index is 0.961. The van der Waals surface area contributed by atoms with Gasteiger partial charge in [0.25, 0.3) is 0 Å². The number of aromatic nitrogens is 4. The van der Waals surface area contributed by atoms with Crippen LogP contribution in [0.5, 0.6) is 0 Å². The van der Waals surface area contributed by atoms with Crippen molar-refractivity contribution >= 4 is 17.9 Å². The first kappa shape index (κ1) is 40.7. The van der Waals surface area contributed by atoms with E-state index in [0.717, 1.165) is 104 Å². The molecule has 58 heavy (non-hydrogen) atoms. The molecule has 3 aliphatic heterocycles. The van der Waals surface area contributed by atoms with Crippen LogP contribution >= 0.6 is 0 Å². The van der Waals surface area contributed by atoms with E-state index in [1.54, 1.807) is 6.20 Å². The molecule has 7 rings (SSSR count). The summed E-state index contributed by atoms with van der Waals surface area (Å²) in [6.07, 6.45) is 8.38. The molecule has 4 N–H and O–H groups in total. The van der Waals surface area contributed by atoms with E-state index in [2.05, 4.69) is 51.3 Å². The first-order chi connectivity index (χ1) is 28.1. The summed E-state index contributed by atoms with van der Waals surface area (Å²) >= 11 is 0. The van der Waals surface area contributed by atoms with Gasteiger partial charge in [-0.3, -0.25) is 9.59 Å². The molecule has 3 fully saturated rings. The Morgan fingerprint density at radius 2 is 1.19 bits per heavy atom. The molecule has 4 unspecified atom stereocenters. The fourth-order valence-corrected chi connectivity index (χ4v) is 8.27. The number of nitrogens with one attached hydrogen (secondary N) is 4. The predicted octanol–water partition coefficient (Wildman–Crippen LogP) is 6.37. The van der Waals surface area contributed by atoms with E-state index < -0.39 is 12.1 Å². The largest absolute Gasteiger partial charge is 0.453 e. The van der Waals surface area contributed by atoms with Crippen molar-refractivity contribution in [2.75, 3.05) is 33.4 Å². The molecule has 13 nitrogen and oxygen atoms in total. The smallest absolute Gasteiger partial charge is 0.407 e. The number of amides is 3. The van der Waals surface area contributed by atoms with Gasteiger partial charge in [0.1, 0.15) is 17.7 Å². The minimum atomic E-state index is -0.681. The lowest BCUT2D eigenvalue weighted by Gasteiger charge is -2.34. The molecule has 4 aromatic rings. The van der Waals surface area contributed by atoms with Crippen molar-refractivity contribution in [1.29, 1.82) is 0 Å². The van der Waals surface area contributed by atoms with E-state index in [0.29, 0.717) is 12.6 Å². The first-order valence-electron chi connectivity index (χ1n) is 20.7. The predicted molar refractivity (Wildman–Crippen MR) is 221 cm³/mol. The van der Waals surface area contributed by atoms with Crippen LogP contribution in [-0.2, 0) is 19.1 Å². The molecule has 13 heteroatoms. The van der Waals surface area contributed by atoms with Crippen molar-refractivity contribution < 1.29 is 23.9 Å². The number of nitrogens with zero attached hydrogens (tertiary/aromatic N) is 4. The van der Waals surface area contributed by atoms with Gasteiger partial charge < -0.3 is 39.9 Å². The number of likely N-dealkylation sites (tertiary alicyclic amines) is 2. The average Bonchev–Trinajstić information content (AvgIpc) is 4.08. The maximum absolute atomic E-state index is 13.9. The molecule has 3 saturated heterocycles. The Morgan fingerprint density at radius 1 is 0.724 bits per heavy atom. The summed E-state index contributed by atoms with van der Waals surface area (Å²) in [4.78, 5) is 59.5. The summed E-state index contributed by atoms with van der Waals surface area (Å²) < 4.78 is 10.3. The number of H-pyrrole nitrogens is 2. The van der Waals surface area contributed by atoms with Gasteiger partial charge in [-0.05, 0) is 85.8 Å². The van der Waals surface area contributed by atoms with Gasteiger partial charge in [0.05, 0.1) is 49.0 Å². The summed E-state index contributed by atoms with van der Waals surface area (Å²) in [6, 6.07) is 15.2. The van der Waals surface area contributed by atoms with Crippen molar-refractivity contribution in [3.63, 3.8) is 0 Å². The molecule has 3 aliphatic rings. The highest BCUT2D eigenvalue weighted by atomic mass is 16.5. The Hall–Kier alpha value is -5.45. The maximum Gasteiger partial charge on any atom is 0.407 e. The molecule has 3 amide bonds. The quantitative estimate of drug-likeness (QED) is 0.128. The maximum atomic E-state index is 13.9. The van der Waals surface area contributed by atoms with Crippen LogP contribution in [0.15, 0.2) is 60.9 Å². The van der Waals surface area contributed by atoms with E-state index in [1.807, 2.05) is 78.4 Å². The number of imidazole rings is 2. The van der Waals surface area contributed by atoms with Gasteiger partial charge >= 0.3 is 6.09 Å². The zero-order valence-electron chi connectivity index (χ0n) is 34.2. The lowest BCUT2D eigenvalue weighted by atomic mass is 9.99. The molecular formula is C45H56N8O5. The summed E-state index contributed by atoms with van der Waals surface area (Å²) in [5.41, 5.74) is 5.52. The number of hydrogen-bond acceptors (Lipinski definition) is 8. The van der Waals surface area contributed by atoms with Crippen LogP contribution in [0, 0.1) is 23.7 Å². The SMILES string of the molecule is COC(=O)NC(C(=O)N1CCCC1c1ncc(-c2ccc(C#Cc3ccc(-c4cnc(C5CCCN5C(=O)C(NC5CCOCC5)C(C)C)[nH]4)cc3)cc2)[nH]1)C(C)C. The lowest BCUT2D eigenvalue weighted by Crippen LogP contribution is -2.53. The van der Waals surface area contributed by atoms with Crippen molar-refractivity contribution in [2.24, 2.45) is 11.8 Å². The van der Waals surface area contributed by atoms with Crippen molar-refractivity contribution in [3.8, 4) is 34.4 Å². The zero-order chi connectivity index (χ0) is 40.8. The Bertz CT molecular complexity index is 2090. The van der Waals surface area contributed by atoms with Crippen LogP contribution in [0.4, 0.5) is 4.79 Å². The molecule has 2 aromatic heterocycles. The Kier molecular flexibility index (Phi) is 12.9. The highest BCUT2D eigenvalue weighted by Gasteiger charge is 2.39. The zero-order valence-corrected chi connectivity index (χ0v) is 34.2. The number of hydrogen-bond donors (Lipinski definition) is 4. The summed E-state index contributed by atoms with van der Waals surface area (Å²) in [5, 5.41) is 6.35. The topological polar surface area (TPSA) is 158 Å². The second-order valence-electron chi connectivity index (χ2n) is 16.3. The third kappa shape index (κ3) is 9.30. The van der Waals surface area contributed by atoms with Gasteiger partial charge in [0, 0.05) is 43.5 Å². The number of carbonyl (C=O) groups is 3. The van der Waals surface area contributed by atoms with E-state index in [4.69, 9.17) is 14.5 Å². The average molecular weight is 789 g/mol. The summed E-state index contributed by atoms with van der Waals surface area (Å²) in [5.74, 6) is 8.21. The van der Waals surface area contributed by atoms with E-state index in [9.17, 15) is 14.4 Å². The monoisotopic (exact) mass is 788 g/mol. The third-order valence-corrected chi connectivity index (χ3v) is 11.6. The minimum Gasteiger partial charge on any atom is -0.453 e. The Morgan fingerprint density at radius 3 is 1.64 bits per heavy atom. The van der Waals surface area contributed by atoms with E-state index >= 15 is 0 Å². The van der Waals surface area contributed by atoms with Crippen LogP contribution in [0.2, 0.25) is 0 Å². The van der Waals surface area contributed by atoms with Gasteiger partial charge in [0.2, 0.25) is 11.8 Å². The number of methoxy groups -OCH3 is 1. The molecule has 5 heterocycles. The van der Waals surface area contributed by atoms with Crippen LogP contribution in [-0.4, -0.2) is 99.2 Å². The summed E-state index contributed by atoms with van der Waals surface area (Å²) in [7, 11) is 1.29. The van der Waals surface area contributed by atoms with Crippen LogP contribution in [0.3, 0.4) is 0 Å². The van der Waals surface area contributed by atoms with Crippen LogP contribution in [0.1, 0.15) is 101 Å². The first-order valence-corrected chi connectivity index (χ1v) is 20.7. The molecule has 306 valence electrons. The number of carbonyl (C=O) groups excluding carboxylic acids is 3. The fraction of sp³-hybridized carbons (Fsp3) is 0.489. The number of ether oxygens (including phenoxy) is 2. The van der Waals surface area contributed by atoms with E-state index in [-0.39, 0.29) is 41.8 Å². The number of alkyl carbamates (subject to hydrolysis) is 1. The van der Waals surface area contributed by atoms with Crippen molar-refractivity contribution in [2.45, 2.75) is 96.4 Å². The normalized spacial score (nSPS) is 19.6. The molecule has 0 aliphatic carbocycles. The molecule has 4 atom stereocenters. The number of aromatic amines is 2. The van der Waals surface area contributed by atoms with Gasteiger partial charge in [-0.25, -0.2) is 14.8 Å². The van der Waals surface area contributed by atoms with E-state index in [1.165, 1.54) is 7.11 Å². The highest BCUT2D eigenvalue weighted by Crippen LogP contribution is 2.34. The second-order valence-corrected chi connectivity index (χ2v) is 16.3. The Labute approximate surface area is 341 Å². The third-order valence-electron chi connectivity index (χ3n) is 11.6. The lowest BCUT2D eigenvalue weighted by molar-refractivity contribution is -0.136. The fourth-order valence-electron chi connectivity index (χ4n) is 8.27. The highest BCUT2D eigenvalue weighted by molar-refractivity contribution is 5.86. The van der Waals surface area contributed by atoms with Gasteiger partial charge in [0.15, 0.2) is 0 Å². The molecule has 0 bridgehead atoms. The van der Waals surface area contributed by atoms with Crippen LogP contribution < -0.4 is 10.6 Å². The molecule has 0 radical (unpaired) electrons. The molecular weight excluding hydrogens is 733 g/mol. The van der Waals surface area contributed by atoms with Crippen molar-refractivity contribution in [1.82, 2.24) is 40.4 Å². The van der Waals surface area contributed by atoms with Gasteiger partial charge in [-0.1, -0.05) is 63.8 Å². The standard InChI is InChI=1S/C45H56N8O5/c1-28(2)39(48-34-20-24-58-25-21-34)43(54)52-22-6-8-37(52)41-46-26-35(49-41)32-16-12-30(13-17-32)10-11-31-14-18-33(19-15-31)36-27-47-42(50-36)38-9-7-23-53(38)44(55)40(29(3)4)51-45(56)57-5/h12-19,26-29,34,37-40,48H,6-9,20-25H2,1-5H3,(H,46,49)(H,47,50)(H,51,56). The van der Waals surface area contributed by atoms with Gasteiger partial charge in [-0.2, -0.15) is 0 Å². The minimum absolute atomic E-state index is 0.0694. The van der Waals surface area contributed by atoms with Gasteiger partial charge in [-0.15, -0.1) is 0 Å². The molecule has 0 spiro atoms. The molecule has 0 saturated carbocycles. The second kappa shape index (κ2) is 18.4. The summed E-state index contributed by atoms with van der Waals surface area (Å²) in [6.45, 7) is 10.9. The molecule has 2 aromatic carbocycles. The number of rotatable bonds is 11. The van der Waals surface area contributed by atoms with Crippen LogP contribution in [0.25, 0.3) is 22.5 Å². The van der Waals surface area contributed by atoms with Crippen molar-refractivity contribution in [3.05, 3.63) is 83.7 Å².